The monoisotopic (exact) mass is 312 g/mol. The number of aromatic nitrogens is 1. The van der Waals surface area contributed by atoms with E-state index in [1.807, 2.05) is 18.2 Å². The Morgan fingerprint density at radius 3 is 2.78 bits per heavy atom. The first-order chi connectivity index (χ1) is 11.0. The van der Waals surface area contributed by atoms with Gasteiger partial charge in [-0.25, -0.2) is 9.79 Å². The number of aromatic amines is 1. The molecule has 1 aromatic carbocycles. The summed E-state index contributed by atoms with van der Waals surface area (Å²) in [5.41, 5.74) is 0.246. The number of rotatable bonds is 2. The number of allylic oxidation sites excluding steroid dienone is 4. The molecule has 4 nitrogen and oxygen atoms in total. The van der Waals surface area contributed by atoms with Gasteiger partial charge in [0.25, 0.3) is 5.92 Å². The molecule has 1 aromatic heterocycles. The Hall–Kier alpha value is -3.02. The van der Waals surface area contributed by atoms with Crippen LogP contribution in [0.3, 0.4) is 0 Å². The van der Waals surface area contributed by atoms with Crippen LogP contribution in [0.4, 0.5) is 8.78 Å². The Morgan fingerprint density at radius 1 is 1.26 bits per heavy atom. The topological polar surface area (TPSA) is 65.4 Å². The first-order valence-electron chi connectivity index (χ1n) is 6.90. The Bertz CT molecular complexity index is 944. The van der Waals surface area contributed by atoms with Crippen molar-refractivity contribution in [2.45, 2.75) is 5.92 Å². The lowest BCUT2D eigenvalue weighted by Gasteiger charge is -2.18. The third-order valence-electron chi connectivity index (χ3n) is 3.87. The third kappa shape index (κ3) is 1.95. The van der Waals surface area contributed by atoms with Crippen LogP contribution in [0.1, 0.15) is 5.69 Å². The van der Waals surface area contributed by atoms with Crippen molar-refractivity contribution in [1.82, 2.24) is 4.98 Å². The highest BCUT2D eigenvalue weighted by Crippen LogP contribution is 2.44. The molecule has 4 rings (SSSR count). The summed E-state index contributed by atoms with van der Waals surface area (Å²) in [4.78, 5) is 18.4. The van der Waals surface area contributed by atoms with Crippen molar-refractivity contribution >= 4 is 28.2 Å². The van der Waals surface area contributed by atoms with E-state index in [-0.39, 0.29) is 22.6 Å². The summed E-state index contributed by atoms with van der Waals surface area (Å²) in [6, 6.07) is 8.91. The zero-order chi connectivity index (χ0) is 16.2. The maximum Gasteiger partial charge on any atom is 0.355 e. The van der Waals surface area contributed by atoms with Gasteiger partial charge < -0.3 is 10.1 Å². The molecule has 0 fully saturated rings. The van der Waals surface area contributed by atoms with Crippen molar-refractivity contribution in [3.8, 4) is 0 Å². The van der Waals surface area contributed by atoms with E-state index < -0.39 is 11.9 Å². The van der Waals surface area contributed by atoms with Gasteiger partial charge in [-0.3, -0.25) is 0 Å². The number of benzene rings is 1. The number of H-pyrrole nitrogens is 1. The molecule has 0 saturated heterocycles. The van der Waals surface area contributed by atoms with Crippen molar-refractivity contribution in [3.05, 3.63) is 65.5 Å². The van der Waals surface area contributed by atoms with E-state index in [1.165, 1.54) is 12.2 Å². The van der Waals surface area contributed by atoms with Gasteiger partial charge in [0.05, 0.1) is 11.3 Å². The van der Waals surface area contributed by atoms with Crippen molar-refractivity contribution in [3.63, 3.8) is 0 Å². The predicted octanol–water partition coefficient (Wildman–Crippen LogP) is 3.55. The van der Waals surface area contributed by atoms with Gasteiger partial charge in [-0.15, -0.1) is 0 Å². The second kappa shape index (κ2) is 4.49. The standard InChI is InChI=1S/C17H10F2N2O2/c18-17(19)7-3-6-11-14(17)13(15(21-11)16(22)23)12-8-9-4-1-2-5-10(9)20-12/h1-8,20H,(H,22,23). The van der Waals surface area contributed by atoms with Gasteiger partial charge in [0.1, 0.15) is 0 Å². The zero-order valence-electron chi connectivity index (χ0n) is 11.7. The van der Waals surface area contributed by atoms with Gasteiger partial charge in [0, 0.05) is 22.2 Å². The number of alkyl halides is 2. The molecular formula is C17H10F2N2O2. The minimum Gasteiger partial charge on any atom is -0.476 e. The first-order valence-corrected chi connectivity index (χ1v) is 6.90. The molecule has 114 valence electrons. The molecule has 2 aromatic rings. The first kappa shape index (κ1) is 13.6. The van der Waals surface area contributed by atoms with Crippen LogP contribution >= 0.6 is 0 Å². The summed E-state index contributed by atoms with van der Waals surface area (Å²) >= 11 is 0. The molecule has 2 aliphatic rings. The summed E-state index contributed by atoms with van der Waals surface area (Å²) < 4.78 is 28.6. The van der Waals surface area contributed by atoms with Gasteiger partial charge in [-0.1, -0.05) is 24.3 Å². The SMILES string of the molecule is O=C(O)C1=NC2=CC=CC(F)(F)C2=C1c1cc2ccccc2[nH]1. The summed E-state index contributed by atoms with van der Waals surface area (Å²) in [6.07, 6.45) is 3.33. The number of aliphatic imine (C=N–C) groups is 1. The number of nitrogens with zero attached hydrogens (tertiary/aromatic N) is 1. The quantitative estimate of drug-likeness (QED) is 0.890. The maximum atomic E-state index is 14.3. The van der Waals surface area contributed by atoms with Crippen molar-refractivity contribution in [2.75, 3.05) is 0 Å². The third-order valence-corrected chi connectivity index (χ3v) is 3.87. The van der Waals surface area contributed by atoms with Crippen LogP contribution in [-0.4, -0.2) is 27.7 Å². The summed E-state index contributed by atoms with van der Waals surface area (Å²) in [5.74, 6) is -4.60. The number of carbonyl (C=O) groups is 1. The Balaban J connectivity index is 2.02. The van der Waals surface area contributed by atoms with Gasteiger partial charge in [0.2, 0.25) is 0 Å². The highest BCUT2D eigenvalue weighted by Gasteiger charge is 2.44. The van der Waals surface area contributed by atoms with E-state index in [9.17, 15) is 18.7 Å². The van der Waals surface area contributed by atoms with E-state index in [0.717, 1.165) is 17.0 Å². The number of carboxylic acid groups (broad SMARTS) is 1. The summed E-state index contributed by atoms with van der Waals surface area (Å²) in [5, 5.41) is 10.2. The fourth-order valence-electron chi connectivity index (χ4n) is 2.91. The number of hydrogen-bond acceptors (Lipinski definition) is 2. The number of hydrogen-bond donors (Lipinski definition) is 2. The molecule has 1 aliphatic carbocycles. The molecule has 2 heterocycles. The molecule has 0 atom stereocenters. The second-order valence-corrected chi connectivity index (χ2v) is 5.32. The van der Waals surface area contributed by atoms with E-state index in [4.69, 9.17) is 0 Å². The number of nitrogens with one attached hydrogen (secondary N) is 1. The fraction of sp³-hybridized carbons (Fsp3) is 0.0588. The molecule has 6 heteroatoms. The van der Waals surface area contributed by atoms with Crippen molar-refractivity contribution in [2.24, 2.45) is 4.99 Å². The highest BCUT2D eigenvalue weighted by molar-refractivity contribution is 6.55. The number of fused-ring (bicyclic) bond motifs is 2. The minimum atomic E-state index is -3.27. The second-order valence-electron chi connectivity index (χ2n) is 5.32. The average molecular weight is 312 g/mol. The van der Waals surface area contributed by atoms with Crippen molar-refractivity contribution in [1.29, 1.82) is 0 Å². The number of carboxylic acids is 1. The number of halogens is 2. The number of aliphatic carboxylic acids is 1. The van der Waals surface area contributed by atoms with Crippen molar-refractivity contribution < 1.29 is 18.7 Å². The van der Waals surface area contributed by atoms with Crippen LogP contribution < -0.4 is 0 Å². The predicted molar refractivity (Wildman–Crippen MR) is 82.5 cm³/mol. The molecule has 0 spiro atoms. The van der Waals surface area contributed by atoms with Crippen LogP contribution in [0.25, 0.3) is 16.5 Å². The highest BCUT2D eigenvalue weighted by atomic mass is 19.3. The normalized spacial score (nSPS) is 18.9. The molecule has 2 N–H and O–H groups in total. The molecule has 0 unspecified atom stereocenters. The summed E-state index contributed by atoms with van der Waals surface area (Å²) in [6.45, 7) is 0. The van der Waals surface area contributed by atoms with Gasteiger partial charge in [-0.05, 0) is 24.3 Å². The zero-order valence-corrected chi connectivity index (χ0v) is 11.7. The molecule has 0 saturated carbocycles. The van der Waals surface area contributed by atoms with Crippen LogP contribution in [0.2, 0.25) is 0 Å². The maximum absolute atomic E-state index is 14.3. The molecule has 23 heavy (non-hydrogen) atoms. The summed E-state index contributed by atoms with van der Waals surface area (Å²) in [7, 11) is 0. The molecule has 0 bridgehead atoms. The lowest BCUT2D eigenvalue weighted by atomic mass is 9.93. The van der Waals surface area contributed by atoms with E-state index in [0.29, 0.717) is 5.69 Å². The molecule has 0 amide bonds. The average Bonchev–Trinajstić information content (AvgIpc) is 3.07. The lowest BCUT2D eigenvalue weighted by Crippen LogP contribution is -2.21. The minimum absolute atomic E-state index is 0.0106. The van der Waals surface area contributed by atoms with Crippen LogP contribution in [0.5, 0.6) is 0 Å². The van der Waals surface area contributed by atoms with Gasteiger partial charge in [0.15, 0.2) is 5.71 Å². The van der Waals surface area contributed by atoms with E-state index in [2.05, 4.69) is 9.98 Å². The lowest BCUT2D eigenvalue weighted by molar-refractivity contribution is -0.129. The Morgan fingerprint density at radius 2 is 2.04 bits per heavy atom. The Kier molecular flexibility index (Phi) is 2.66. The Labute approximate surface area is 129 Å². The molecular weight excluding hydrogens is 302 g/mol. The van der Waals surface area contributed by atoms with Crippen LogP contribution in [0, 0.1) is 0 Å². The smallest absolute Gasteiger partial charge is 0.355 e. The fourth-order valence-corrected chi connectivity index (χ4v) is 2.91. The van der Waals surface area contributed by atoms with E-state index >= 15 is 0 Å². The number of para-hydroxylation sites is 1. The molecule has 1 aliphatic heterocycles. The molecule has 0 radical (unpaired) electrons. The van der Waals surface area contributed by atoms with E-state index in [1.54, 1.807) is 12.1 Å². The van der Waals surface area contributed by atoms with Crippen LogP contribution in [0.15, 0.2) is 64.8 Å². The van der Waals surface area contributed by atoms with Crippen LogP contribution in [-0.2, 0) is 4.79 Å². The van der Waals surface area contributed by atoms with Gasteiger partial charge >= 0.3 is 5.97 Å². The van der Waals surface area contributed by atoms with Gasteiger partial charge in [-0.2, -0.15) is 8.78 Å². The largest absolute Gasteiger partial charge is 0.476 e.